The van der Waals surface area contributed by atoms with Crippen LogP contribution in [-0.2, 0) is 13.5 Å². The van der Waals surface area contributed by atoms with E-state index in [0.29, 0.717) is 24.0 Å². The van der Waals surface area contributed by atoms with Crippen LogP contribution in [-0.4, -0.2) is 20.6 Å². The normalized spacial score (nSPS) is 11.2. The molecule has 0 bridgehead atoms. The van der Waals surface area contributed by atoms with Crippen molar-refractivity contribution >= 4 is 22.5 Å². The molecule has 0 amide bonds. The maximum Gasteiger partial charge on any atom is 0.196 e. The average Bonchev–Trinajstić information content (AvgIpc) is 2.96. The molecule has 3 rings (SSSR count). The molecule has 0 N–H and O–H groups in total. The summed E-state index contributed by atoms with van der Waals surface area (Å²) in [7, 11) is 1.92. The molecule has 0 aliphatic heterocycles. The molecule has 92 valence electrons. The molecule has 0 spiro atoms. The average molecular weight is 262 g/mol. The Labute approximate surface area is 109 Å². The molecule has 0 fully saturated rings. The lowest BCUT2D eigenvalue weighted by Gasteiger charge is -1.91. The topological polar surface area (TPSA) is 43.9 Å². The largest absolute Gasteiger partial charge is 0.439 e. The maximum atomic E-state index is 5.67. The highest BCUT2D eigenvalue weighted by molar-refractivity contribution is 6.17. The molecular formula is C13H12ClN3O. The number of nitrogens with zero attached hydrogens (tertiary/aromatic N) is 3. The van der Waals surface area contributed by atoms with Gasteiger partial charge in [-0.2, -0.15) is 5.10 Å². The third-order valence-corrected chi connectivity index (χ3v) is 3.04. The number of hydrogen-bond donors (Lipinski definition) is 0. The minimum absolute atomic E-state index is 0.503. The van der Waals surface area contributed by atoms with Crippen molar-refractivity contribution in [3.05, 3.63) is 36.4 Å². The molecule has 1 aromatic carbocycles. The summed E-state index contributed by atoms with van der Waals surface area (Å²) < 4.78 is 7.50. The van der Waals surface area contributed by atoms with Crippen LogP contribution < -0.4 is 0 Å². The van der Waals surface area contributed by atoms with E-state index in [9.17, 15) is 0 Å². The Morgan fingerprint density at radius 2 is 2.17 bits per heavy atom. The van der Waals surface area contributed by atoms with Crippen molar-refractivity contribution in [2.24, 2.45) is 7.05 Å². The Kier molecular flexibility index (Phi) is 2.80. The lowest BCUT2D eigenvalue weighted by atomic mass is 10.2. The van der Waals surface area contributed by atoms with E-state index < -0.39 is 0 Å². The second-order valence-electron chi connectivity index (χ2n) is 4.05. The predicted molar refractivity (Wildman–Crippen MR) is 70.6 cm³/mol. The van der Waals surface area contributed by atoms with Gasteiger partial charge in [-0.15, -0.1) is 11.6 Å². The first-order chi connectivity index (χ1) is 8.79. The van der Waals surface area contributed by atoms with Crippen LogP contribution in [0.2, 0.25) is 0 Å². The molecule has 3 aromatic rings. The van der Waals surface area contributed by atoms with Crippen LogP contribution >= 0.6 is 11.6 Å². The summed E-state index contributed by atoms with van der Waals surface area (Å²) in [6.07, 6.45) is 2.34. The minimum atomic E-state index is 0.503. The van der Waals surface area contributed by atoms with Gasteiger partial charge in [0.15, 0.2) is 11.7 Å². The number of alkyl halides is 1. The van der Waals surface area contributed by atoms with Crippen molar-refractivity contribution in [3.63, 3.8) is 0 Å². The molecule has 0 aliphatic carbocycles. The van der Waals surface area contributed by atoms with Crippen LogP contribution in [0.3, 0.4) is 0 Å². The van der Waals surface area contributed by atoms with Gasteiger partial charge in [-0.1, -0.05) is 18.2 Å². The van der Waals surface area contributed by atoms with Gasteiger partial charge in [0.05, 0.1) is 11.7 Å². The second-order valence-corrected chi connectivity index (χ2v) is 4.42. The maximum absolute atomic E-state index is 5.67. The number of rotatable bonds is 3. The van der Waals surface area contributed by atoms with Crippen molar-refractivity contribution in [1.29, 1.82) is 0 Å². The van der Waals surface area contributed by atoms with Crippen molar-refractivity contribution in [1.82, 2.24) is 14.8 Å². The first kappa shape index (κ1) is 11.3. The van der Waals surface area contributed by atoms with Crippen molar-refractivity contribution in [2.75, 3.05) is 5.88 Å². The summed E-state index contributed by atoms with van der Waals surface area (Å²) in [5, 5.41) is 5.55. The van der Waals surface area contributed by atoms with Gasteiger partial charge in [0.2, 0.25) is 0 Å². The number of aryl methyl sites for hydroxylation is 2. The zero-order valence-electron chi connectivity index (χ0n) is 9.93. The Morgan fingerprint density at radius 3 is 3.00 bits per heavy atom. The van der Waals surface area contributed by atoms with E-state index in [4.69, 9.17) is 16.0 Å². The number of benzene rings is 1. The van der Waals surface area contributed by atoms with E-state index in [1.807, 2.05) is 36.0 Å². The van der Waals surface area contributed by atoms with E-state index in [0.717, 1.165) is 16.6 Å². The van der Waals surface area contributed by atoms with Crippen LogP contribution in [0.5, 0.6) is 0 Å². The number of para-hydroxylation sites is 1. The Hall–Kier alpha value is -1.81. The molecule has 0 radical (unpaired) electrons. The summed E-state index contributed by atoms with van der Waals surface area (Å²) in [6.45, 7) is 0. The summed E-state index contributed by atoms with van der Waals surface area (Å²) in [5.74, 6) is 1.84. The molecule has 0 atom stereocenters. The standard InChI is InChI=1S/C13H12ClN3O/c1-17-10-5-3-2-4-9(10)13(16-17)11-8-15-12(18-11)6-7-14/h2-5,8H,6-7H2,1H3. The quantitative estimate of drug-likeness (QED) is 0.681. The van der Waals surface area contributed by atoms with Gasteiger partial charge in [0.1, 0.15) is 5.69 Å². The van der Waals surface area contributed by atoms with Gasteiger partial charge in [0.25, 0.3) is 0 Å². The highest BCUT2D eigenvalue weighted by Gasteiger charge is 2.14. The third kappa shape index (κ3) is 1.78. The number of halogens is 1. The molecule has 0 saturated carbocycles. The van der Waals surface area contributed by atoms with E-state index in [1.165, 1.54) is 0 Å². The van der Waals surface area contributed by atoms with Crippen molar-refractivity contribution < 1.29 is 4.42 Å². The van der Waals surface area contributed by atoms with Crippen LogP contribution in [0.15, 0.2) is 34.9 Å². The van der Waals surface area contributed by atoms with Crippen molar-refractivity contribution in [3.8, 4) is 11.5 Å². The van der Waals surface area contributed by atoms with Gasteiger partial charge in [-0.25, -0.2) is 4.98 Å². The lowest BCUT2D eigenvalue weighted by Crippen LogP contribution is -1.88. The molecule has 2 heterocycles. The van der Waals surface area contributed by atoms with E-state index in [-0.39, 0.29) is 0 Å². The van der Waals surface area contributed by atoms with Gasteiger partial charge < -0.3 is 4.42 Å². The zero-order chi connectivity index (χ0) is 12.5. The SMILES string of the molecule is Cn1nc(-c2cnc(CCCl)o2)c2ccccc21. The van der Waals surface area contributed by atoms with Crippen LogP contribution in [0.1, 0.15) is 5.89 Å². The molecule has 0 aliphatic rings. The summed E-state index contributed by atoms with van der Waals surface area (Å²) in [5.41, 5.74) is 1.89. The van der Waals surface area contributed by atoms with Gasteiger partial charge >= 0.3 is 0 Å². The molecule has 0 unspecified atom stereocenters. The Morgan fingerprint density at radius 1 is 1.33 bits per heavy atom. The highest BCUT2D eigenvalue weighted by atomic mass is 35.5. The molecule has 18 heavy (non-hydrogen) atoms. The predicted octanol–water partition coefficient (Wildman–Crippen LogP) is 3.01. The smallest absolute Gasteiger partial charge is 0.196 e. The van der Waals surface area contributed by atoms with Crippen molar-refractivity contribution in [2.45, 2.75) is 6.42 Å². The number of aromatic nitrogens is 3. The molecule has 2 aromatic heterocycles. The number of hydrogen-bond acceptors (Lipinski definition) is 3. The lowest BCUT2D eigenvalue weighted by molar-refractivity contribution is 0.512. The van der Waals surface area contributed by atoms with E-state index >= 15 is 0 Å². The minimum Gasteiger partial charge on any atom is -0.439 e. The number of fused-ring (bicyclic) bond motifs is 1. The Balaban J connectivity index is 2.13. The van der Waals surface area contributed by atoms with Crippen LogP contribution in [0, 0.1) is 0 Å². The molecule has 5 heteroatoms. The zero-order valence-corrected chi connectivity index (χ0v) is 10.7. The van der Waals surface area contributed by atoms with Gasteiger partial charge in [-0.3, -0.25) is 4.68 Å². The summed E-state index contributed by atoms with van der Waals surface area (Å²) in [4.78, 5) is 4.20. The first-order valence-corrected chi connectivity index (χ1v) is 6.26. The highest BCUT2D eigenvalue weighted by Crippen LogP contribution is 2.27. The third-order valence-electron chi connectivity index (χ3n) is 2.85. The fourth-order valence-corrected chi connectivity index (χ4v) is 2.17. The molecular weight excluding hydrogens is 250 g/mol. The summed E-state index contributed by atoms with van der Waals surface area (Å²) >= 11 is 5.67. The van der Waals surface area contributed by atoms with Gasteiger partial charge in [-0.05, 0) is 6.07 Å². The fourth-order valence-electron chi connectivity index (χ4n) is 2.01. The second kappa shape index (κ2) is 4.46. The van der Waals surface area contributed by atoms with E-state index in [2.05, 4.69) is 10.1 Å². The van der Waals surface area contributed by atoms with Crippen LogP contribution in [0.4, 0.5) is 0 Å². The monoisotopic (exact) mass is 261 g/mol. The summed E-state index contributed by atoms with van der Waals surface area (Å²) in [6, 6.07) is 8.04. The first-order valence-electron chi connectivity index (χ1n) is 5.72. The van der Waals surface area contributed by atoms with Gasteiger partial charge in [0, 0.05) is 24.7 Å². The van der Waals surface area contributed by atoms with Crippen LogP contribution in [0.25, 0.3) is 22.4 Å². The Bertz CT molecular complexity index is 686. The molecule has 4 nitrogen and oxygen atoms in total. The number of oxazole rings is 1. The fraction of sp³-hybridized carbons (Fsp3) is 0.231. The van der Waals surface area contributed by atoms with E-state index in [1.54, 1.807) is 6.20 Å². The molecule has 0 saturated heterocycles.